The van der Waals surface area contributed by atoms with Crippen LogP contribution in [0.15, 0.2) is 0 Å². The number of rotatable bonds is 1. The average molecular weight is 332 g/mol. The van der Waals surface area contributed by atoms with Gasteiger partial charge in [0.25, 0.3) is 0 Å². The first-order valence-electron chi connectivity index (χ1n) is 10.0. The average Bonchev–Trinajstić information content (AvgIpc) is 2.90. The van der Waals surface area contributed by atoms with E-state index in [4.69, 9.17) is 4.74 Å². The van der Waals surface area contributed by atoms with E-state index in [9.17, 15) is 9.59 Å². The van der Waals surface area contributed by atoms with Crippen molar-refractivity contribution in [2.24, 2.45) is 34.5 Å². The van der Waals surface area contributed by atoms with E-state index in [1.54, 1.807) is 0 Å². The predicted molar refractivity (Wildman–Crippen MR) is 92.3 cm³/mol. The molecule has 0 radical (unpaired) electrons. The smallest absolute Gasteiger partial charge is 0.302 e. The van der Waals surface area contributed by atoms with Crippen LogP contribution >= 0.6 is 0 Å². The van der Waals surface area contributed by atoms with Crippen molar-refractivity contribution in [2.45, 2.75) is 84.7 Å². The Balaban J connectivity index is 1.59. The number of ether oxygens (including phenoxy) is 1. The maximum atomic E-state index is 13.1. The molecule has 3 heteroatoms. The summed E-state index contributed by atoms with van der Waals surface area (Å²) in [5.74, 6) is 2.46. The van der Waals surface area contributed by atoms with Crippen molar-refractivity contribution in [1.29, 1.82) is 0 Å². The highest BCUT2D eigenvalue weighted by Crippen LogP contribution is 2.65. The monoisotopic (exact) mass is 332 g/mol. The second-order valence-electron chi connectivity index (χ2n) is 9.70. The highest BCUT2D eigenvalue weighted by atomic mass is 16.5. The van der Waals surface area contributed by atoms with Gasteiger partial charge in [-0.2, -0.15) is 0 Å². The molecule has 0 heterocycles. The Labute approximate surface area is 145 Å². The van der Waals surface area contributed by atoms with Gasteiger partial charge >= 0.3 is 5.97 Å². The van der Waals surface area contributed by atoms with Crippen LogP contribution in [0.2, 0.25) is 0 Å². The summed E-state index contributed by atoms with van der Waals surface area (Å²) >= 11 is 0. The molecule has 4 saturated carbocycles. The Bertz CT molecular complexity index is 555. The highest BCUT2D eigenvalue weighted by Gasteiger charge is 2.60. The van der Waals surface area contributed by atoms with Gasteiger partial charge in [-0.1, -0.05) is 20.3 Å². The lowest BCUT2D eigenvalue weighted by atomic mass is 9.45. The molecule has 24 heavy (non-hydrogen) atoms. The standard InChI is InChI=1S/C21H32O3/c1-13(22)24-14-6-10-21(3)17-7-9-20(2)8-4-5-16(20)15(17)12-19(23)18(21)11-14/h14-18H,4-12H2,1-3H3/t14?,15?,16?,17?,18-,20?,21?/m1/s1. The van der Waals surface area contributed by atoms with E-state index in [1.807, 2.05) is 0 Å². The molecule has 0 bridgehead atoms. The van der Waals surface area contributed by atoms with Crippen molar-refractivity contribution in [1.82, 2.24) is 0 Å². The maximum absolute atomic E-state index is 13.1. The first-order valence-corrected chi connectivity index (χ1v) is 10.0. The largest absolute Gasteiger partial charge is 0.463 e. The van der Waals surface area contributed by atoms with Crippen LogP contribution in [-0.4, -0.2) is 17.9 Å². The van der Waals surface area contributed by atoms with Gasteiger partial charge in [-0.25, -0.2) is 0 Å². The fraction of sp³-hybridized carbons (Fsp3) is 0.905. The molecular formula is C21H32O3. The zero-order chi connectivity index (χ0) is 17.1. The van der Waals surface area contributed by atoms with E-state index in [-0.39, 0.29) is 23.4 Å². The summed E-state index contributed by atoms with van der Waals surface area (Å²) in [5.41, 5.74) is 0.639. The van der Waals surface area contributed by atoms with Gasteiger partial charge in [0.1, 0.15) is 11.9 Å². The van der Waals surface area contributed by atoms with Crippen LogP contribution in [0.25, 0.3) is 0 Å². The van der Waals surface area contributed by atoms with E-state index in [1.165, 1.54) is 39.0 Å². The second kappa shape index (κ2) is 5.57. The van der Waals surface area contributed by atoms with Crippen molar-refractivity contribution in [2.75, 3.05) is 0 Å². The predicted octanol–water partition coefficient (Wildman–Crippen LogP) is 4.53. The van der Waals surface area contributed by atoms with Crippen molar-refractivity contribution in [3.05, 3.63) is 0 Å². The third kappa shape index (κ3) is 2.37. The molecule has 0 aromatic rings. The van der Waals surface area contributed by atoms with E-state index in [0.717, 1.165) is 31.6 Å². The number of ketones is 1. The summed E-state index contributed by atoms with van der Waals surface area (Å²) in [6.45, 7) is 6.35. The van der Waals surface area contributed by atoms with E-state index in [0.29, 0.717) is 23.0 Å². The van der Waals surface area contributed by atoms with Crippen LogP contribution in [0, 0.1) is 34.5 Å². The lowest BCUT2D eigenvalue weighted by Crippen LogP contribution is -2.56. The van der Waals surface area contributed by atoms with Crippen molar-refractivity contribution < 1.29 is 14.3 Å². The van der Waals surface area contributed by atoms with Gasteiger partial charge in [0.2, 0.25) is 0 Å². The van der Waals surface area contributed by atoms with Gasteiger partial charge in [0.05, 0.1) is 0 Å². The van der Waals surface area contributed by atoms with Gasteiger partial charge in [-0.05, 0) is 73.5 Å². The SMILES string of the molecule is CC(=O)OC1CCC2(C)C3CCC4(C)CCCC4C3CC(=O)[C@H]2C1. The molecule has 0 spiro atoms. The number of esters is 1. The lowest BCUT2D eigenvalue weighted by molar-refractivity contribution is -0.167. The third-order valence-electron chi connectivity index (χ3n) is 8.52. The summed E-state index contributed by atoms with van der Waals surface area (Å²) in [7, 11) is 0. The number of Topliss-reactive ketones (excluding diaryl/α,β-unsaturated/α-hetero) is 1. The van der Waals surface area contributed by atoms with Gasteiger partial charge in [-0.3, -0.25) is 9.59 Å². The molecule has 0 aromatic carbocycles. The van der Waals surface area contributed by atoms with E-state index >= 15 is 0 Å². The number of fused-ring (bicyclic) bond motifs is 5. The van der Waals surface area contributed by atoms with E-state index in [2.05, 4.69) is 13.8 Å². The minimum atomic E-state index is -0.205. The Morgan fingerprint density at radius 3 is 2.62 bits per heavy atom. The molecule has 7 atom stereocenters. The summed E-state index contributed by atoms with van der Waals surface area (Å²) < 4.78 is 5.46. The molecule has 3 nitrogen and oxygen atoms in total. The Morgan fingerprint density at radius 2 is 1.88 bits per heavy atom. The first kappa shape index (κ1) is 16.6. The molecule has 0 aromatic heterocycles. The van der Waals surface area contributed by atoms with Gasteiger partial charge in [-0.15, -0.1) is 0 Å². The van der Waals surface area contributed by atoms with Crippen molar-refractivity contribution in [3.8, 4) is 0 Å². The molecule has 0 amide bonds. The minimum absolute atomic E-state index is 0.0404. The molecule has 4 fully saturated rings. The molecule has 0 N–H and O–H groups in total. The lowest BCUT2D eigenvalue weighted by Gasteiger charge is -2.59. The third-order valence-corrected chi connectivity index (χ3v) is 8.52. The Kier molecular flexibility index (Phi) is 3.85. The number of hydrogen-bond donors (Lipinski definition) is 0. The molecule has 0 aliphatic heterocycles. The summed E-state index contributed by atoms with van der Waals surface area (Å²) in [5, 5.41) is 0. The van der Waals surface area contributed by atoms with Gasteiger partial charge in [0, 0.05) is 19.3 Å². The van der Waals surface area contributed by atoms with Crippen molar-refractivity contribution >= 4 is 11.8 Å². The molecule has 0 saturated heterocycles. The highest BCUT2D eigenvalue weighted by molar-refractivity contribution is 5.83. The Morgan fingerprint density at radius 1 is 1.08 bits per heavy atom. The Hall–Kier alpha value is -0.860. The van der Waals surface area contributed by atoms with Gasteiger partial charge in [0.15, 0.2) is 0 Å². The molecule has 4 aliphatic carbocycles. The van der Waals surface area contributed by atoms with Crippen LogP contribution < -0.4 is 0 Å². The zero-order valence-corrected chi connectivity index (χ0v) is 15.5. The molecule has 6 unspecified atom stereocenters. The van der Waals surface area contributed by atoms with Crippen LogP contribution in [-0.2, 0) is 14.3 Å². The molecule has 134 valence electrons. The number of hydrogen-bond acceptors (Lipinski definition) is 3. The summed E-state index contributed by atoms with van der Waals surface area (Å²) in [6.07, 6.45) is 10.2. The molecule has 4 rings (SSSR count). The number of carbonyl (C=O) groups excluding carboxylic acids is 2. The van der Waals surface area contributed by atoms with Crippen LogP contribution in [0.1, 0.15) is 78.6 Å². The quantitative estimate of drug-likeness (QED) is 0.663. The zero-order valence-electron chi connectivity index (χ0n) is 15.5. The summed E-state index contributed by atoms with van der Waals surface area (Å²) in [6, 6.07) is 0. The van der Waals surface area contributed by atoms with Crippen LogP contribution in [0.5, 0.6) is 0 Å². The van der Waals surface area contributed by atoms with Crippen LogP contribution in [0.4, 0.5) is 0 Å². The van der Waals surface area contributed by atoms with Crippen molar-refractivity contribution in [3.63, 3.8) is 0 Å². The van der Waals surface area contributed by atoms with Crippen LogP contribution in [0.3, 0.4) is 0 Å². The minimum Gasteiger partial charge on any atom is -0.463 e. The normalized spacial score (nSPS) is 50.6. The fourth-order valence-corrected chi connectivity index (χ4v) is 7.34. The molecular weight excluding hydrogens is 300 g/mol. The topological polar surface area (TPSA) is 43.4 Å². The second-order valence-corrected chi connectivity index (χ2v) is 9.70. The fourth-order valence-electron chi connectivity index (χ4n) is 7.34. The summed E-state index contributed by atoms with van der Waals surface area (Å²) in [4.78, 5) is 24.4. The number of carbonyl (C=O) groups is 2. The van der Waals surface area contributed by atoms with Gasteiger partial charge < -0.3 is 4.74 Å². The van der Waals surface area contributed by atoms with E-state index < -0.39 is 0 Å². The molecule has 4 aliphatic rings. The maximum Gasteiger partial charge on any atom is 0.302 e. The first-order chi connectivity index (χ1) is 11.3.